The molecule has 0 heterocycles. The second-order valence-corrected chi connectivity index (χ2v) is 4.07. The summed E-state index contributed by atoms with van der Waals surface area (Å²) >= 11 is 0. The lowest BCUT2D eigenvalue weighted by atomic mass is 10.1. The highest BCUT2D eigenvalue weighted by atomic mass is 16.5. The fourth-order valence-electron chi connectivity index (χ4n) is 1.59. The van der Waals surface area contributed by atoms with Crippen molar-refractivity contribution in [2.75, 3.05) is 33.0 Å². The van der Waals surface area contributed by atoms with Crippen molar-refractivity contribution in [2.24, 2.45) is 0 Å². The molecule has 0 aromatic heterocycles. The standard InChI is InChI=1S/C13H19N3O3/c1-4-15-12(17)8-16(2)13(18)10-7-9(19-3)5-6-11(10)14/h5-7H,4,8,14H2,1-3H3,(H,15,17). The van der Waals surface area contributed by atoms with E-state index in [-0.39, 0.29) is 18.4 Å². The first-order valence-corrected chi connectivity index (χ1v) is 5.95. The van der Waals surface area contributed by atoms with Crippen LogP contribution in [0.4, 0.5) is 5.69 Å². The van der Waals surface area contributed by atoms with E-state index in [0.717, 1.165) is 0 Å². The van der Waals surface area contributed by atoms with Crippen molar-refractivity contribution in [1.29, 1.82) is 0 Å². The van der Waals surface area contributed by atoms with Crippen LogP contribution in [0.25, 0.3) is 0 Å². The van der Waals surface area contributed by atoms with E-state index in [2.05, 4.69) is 5.32 Å². The van der Waals surface area contributed by atoms with Crippen LogP contribution in [0, 0.1) is 0 Å². The van der Waals surface area contributed by atoms with Gasteiger partial charge in [-0.2, -0.15) is 0 Å². The van der Waals surface area contributed by atoms with Crippen LogP contribution in [0.15, 0.2) is 18.2 Å². The Bertz CT molecular complexity index is 474. The van der Waals surface area contributed by atoms with Gasteiger partial charge in [0.1, 0.15) is 5.75 Å². The van der Waals surface area contributed by atoms with Crippen LogP contribution in [0.3, 0.4) is 0 Å². The molecule has 0 spiro atoms. The first kappa shape index (κ1) is 14.8. The smallest absolute Gasteiger partial charge is 0.256 e. The second kappa shape index (κ2) is 6.63. The molecule has 0 fully saturated rings. The number of amides is 2. The number of ether oxygens (including phenoxy) is 1. The Hall–Kier alpha value is -2.24. The molecule has 0 bridgehead atoms. The van der Waals surface area contributed by atoms with Crippen LogP contribution < -0.4 is 15.8 Å². The maximum Gasteiger partial charge on any atom is 0.256 e. The van der Waals surface area contributed by atoms with Gasteiger partial charge in [0.25, 0.3) is 5.91 Å². The monoisotopic (exact) mass is 265 g/mol. The Morgan fingerprint density at radius 1 is 1.42 bits per heavy atom. The predicted octanol–water partition coefficient (Wildman–Crippen LogP) is 0.485. The lowest BCUT2D eigenvalue weighted by Gasteiger charge is -2.18. The van der Waals surface area contributed by atoms with E-state index in [1.807, 2.05) is 6.92 Å². The first-order valence-electron chi connectivity index (χ1n) is 5.95. The Morgan fingerprint density at radius 3 is 2.68 bits per heavy atom. The maximum atomic E-state index is 12.2. The minimum absolute atomic E-state index is 0.0106. The number of hydrogen-bond donors (Lipinski definition) is 2. The highest BCUT2D eigenvalue weighted by molar-refractivity contribution is 6.00. The van der Waals surface area contributed by atoms with Crippen molar-refractivity contribution < 1.29 is 14.3 Å². The predicted molar refractivity (Wildman–Crippen MR) is 73.1 cm³/mol. The van der Waals surface area contributed by atoms with Gasteiger partial charge in [-0.1, -0.05) is 0 Å². The van der Waals surface area contributed by atoms with Gasteiger partial charge in [0, 0.05) is 19.3 Å². The van der Waals surface area contributed by atoms with E-state index in [1.165, 1.54) is 12.0 Å². The topological polar surface area (TPSA) is 84.7 Å². The largest absolute Gasteiger partial charge is 0.497 e. The van der Waals surface area contributed by atoms with Crippen LogP contribution in [0.5, 0.6) is 5.75 Å². The van der Waals surface area contributed by atoms with Gasteiger partial charge >= 0.3 is 0 Å². The normalized spacial score (nSPS) is 9.84. The molecule has 0 unspecified atom stereocenters. The summed E-state index contributed by atoms with van der Waals surface area (Å²) in [7, 11) is 3.06. The second-order valence-electron chi connectivity index (χ2n) is 4.07. The van der Waals surface area contributed by atoms with E-state index in [1.54, 1.807) is 25.2 Å². The number of nitrogens with one attached hydrogen (secondary N) is 1. The summed E-state index contributed by atoms with van der Waals surface area (Å²) in [6.45, 7) is 2.34. The Morgan fingerprint density at radius 2 is 2.11 bits per heavy atom. The highest BCUT2D eigenvalue weighted by Crippen LogP contribution is 2.20. The molecule has 1 rings (SSSR count). The van der Waals surface area contributed by atoms with Gasteiger partial charge in [0.15, 0.2) is 0 Å². The third kappa shape index (κ3) is 3.87. The van der Waals surface area contributed by atoms with Crippen molar-refractivity contribution >= 4 is 17.5 Å². The summed E-state index contributed by atoms with van der Waals surface area (Å²) in [6.07, 6.45) is 0. The minimum Gasteiger partial charge on any atom is -0.497 e. The molecule has 3 N–H and O–H groups in total. The van der Waals surface area contributed by atoms with Gasteiger partial charge in [0.05, 0.1) is 19.2 Å². The van der Waals surface area contributed by atoms with Crippen LogP contribution in [-0.2, 0) is 4.79 Å². The quantitative estimate of drug-likeness (QED) is 0.759. The molecule has 0 saturated carbocycles. The molecular formula is C13H19N3O3. The molecule has 0 radical (unpaired) electrons. The molecule has 6 nitrogen and oxygen atoms in total. The zero-order valence-electron chi connectivity index (χ0n) is 11.4. The molecule has 0 atom stereocenters. The van der Waals surface area contributed by atoms with E-state index in [0.29, 0.717) is 23.5 Å². The Labute approximate surface area is 112 Å². The van der Waals surface area contributed by atoms with E-state index in [4.69, 9.17) is 10.5 Å². The first-order chi connectivity index (χ1) is 8.99. The van der Waals surface area contributed by atoms with Gasteiger partial charge in [-0.05, 0) is 25.1 Å². The minimum atomic E-state index is -0.317. The molecule has 0 saturated heterocycles. The number of carbonyl (C=O) groups is 2. The molecule has 2 amide bonds. The van der Waals surface area contributed by atoms with Crippen molar-refractivity contribution in [3.8, 4) is 5.75 Å². The van der Waals surface area contributed by atoms with Gasteiger partial charge in [-0.25, -0.2) is 0 Å². The fourth-order valence-corrected chi connectivity index (χ4v) is 1.59. The maximum absolute atomic E-state index is 12.2. The molecule has 104 valence electrons. The summed E-state index contributed by atoms with van der Waals surface area (Å²) < 4.78 is 5.05. The average Bonchev–Trinajstić information content (AvgIpc) is 2.38. The number of methoxy groups -OCH3 is 1. The summed E-state index contributed by atoms with van der Waals surface area (Å²) in [6, 6.07) is 4.84. The number of nitrogen functional groups attached to an aromatic ring is 1. The van der Waals surface area contributed by atoms with Crippen molar-refractivity contribution in [1.82, 2.24) is 10.2 Å². The van der Waals surface area contributed by atoms with Crippen molar-refractivity contribution in [2.45, 2.75) is 6.92 Å². The number of nitrogens with two attached hydrogens (primary N) is 1. The number of anilines is 1. The molecule has 19 heavy (non-hydrogen) atoms. The summed E-state index contributed by atoms with van der Waals surface area (Å²) in [5.74, 6) is 0.0198. The van der Waals surface area contributed by atoms with Gasteiger partial charge < -0.3 is 20.7 Å². The van der Waals surface area contributed by atoms with Gasteiger partial charge in [0.2, 0.25) is 5.91 Å². The Balaban J connectivity index is 2.84. The molecule has 1 aromatic rings. The van der Waals surface area contributed by atoms with Crippen molar-refractivity contribution in [3.05, 3.63) is 23.8 Å². The Kier molecular flexibility index (Phi) is 5.17. The third-order valence-corrected chi connectivity index (χ3v) is 2.59. The van der Waals surface area contributed by atoms with Crippen molar-refractivity contribution in [3.63, 3.8) is 0 Å². The fraction of sp³-hybridized carbons (Fsp3) is 0.385. The number of benzene rings is 1. The molecule has 1 aromatic carbocycles. The number of rotatable bonds is 5. The average molecular weight is 265 g/mol. The molecule has 0 aliphatic carbocycles. The number of carbonyl (C=O) groups excluding carboxylic acids is 2. The summed E-state index contributed by atoms with van der Waals surface area (Å²) in [5.41, 5.74) is 6.45. The molecule has 0 aliphatic heterocycles. The summed E-state index contributed by atoms with van der Waals surface area (Å²) in [5, 5.41) is 2.63. The van der Waals surface area contributed by atoms with E-state index < -0.39 is 0 Å². The van der Waals surface area contributed by atoms with Crippen LogP contribution >= 0.6 is 0 Å². The van der Waals surface area contributed by atoms with Gasteiger partial charge in [-0.15, -0.1) is 0 Å². The summed E-state index contributed by atoms with van der Waals surface area (Å²) in [4.78, 5) is 24.9. The van der Waals surface area contributed by atoms with Crippen LogP contribution in [-0.4, -0.2) is 44.0 Å². The zero-order chi connectivity index (χ0) is 14.4. The lowest BCUT2D eigenvalue weighted by Crippen LogP contribution is -2.38. The molecule has 6 heteroatoms. The van der Waals surface area contributed by atoms with Crippen LogP contribution in [0.1, 0.15) is 17.3 Å². The number of likely N-dealkylation sites (N-methyl/N-ethyl adjacent to an activating group) is 2. The van der Waals surface area contributed by atoms with Crippen LogP contribution in [0.2, 0.25) is 0 Å². The molecular weight excluding hydrogens is 246 g/mol. The zero-order valence-corrected chi connectivity index (χ0v) is 11.4. The third-order valence-electron chi connectivity index (χ3n) is 2.59. The number of nitrogens with zero attached hydrogens (tertiary/aromatic N) is 1. The SMILES string of the molecule is CCNC(=O)CN(C)C(=O)c1cc(OC)ccc1N. The van der Waals surface area contributed by atoms with E-state index in [9.17, 15) is 9.59 Å². The van der Waals surface area contributed by atoms with E-state index >= 15 is 0 Å². The molecule has 0 aliphatic rings. The highest BCUT2D eigenvalue weighted by Gasteiger charge is 2.17. The van der Waals surface area contributed by atoms with Gasteiger partial charge in [-0.3, -0.25) is 9.59 Å². The lowest BCUT2D eigenvalue weighted by molar-refractivity contribution is -0.121. The number of hydrogen-bond acceptors (Lipinski definition) is 4.